The molecule has 6 aliphatic rings. The molecule has 2 aromatic carbocycles. The topological polar surface area (TPSA) is 244 Å². The molecule has 8 rings (SSSR count). The molecule has 0 fully saturated rings. The maximum atomic E-state index is 13.2. The van der Waals surface area contributed by atoms with E-state index < -0.39 is 37.2 Å². The molecule has 62 heavy (non-hydrogen) atoms. The predicted molar refractivity (Wildman–Crippen MR) is 228 cm³/mol. The summed E-state index contributed by atoms with van der Waals surface area (Å²) in [5.41, 5.74) is 2.06. The van der Waals surface area contributed by atoms with Gasteiger partial charge in [0.15, 0.2) is 5.60 Å². The number of nitrogens with one attached hydrogen (secondary N) is 1. The van der Waals surface area contributed by atoms with Crippen LogP contribution in [0, 0.1) is 0 Å². The highest BCUT2D eigenvalue weighted by Gasteiger charge is 2.41. The van der Waals surface area contributed by atoms with Crippen molar-refractivity contribution in [3.63, 3.8) is 0 Å². The Morgan fingerprint density at radius 1 is 0.629 bits per heavy atom. The van der Waals surface area contributed by atoms with Gasteiger partial charge in [0.2, 0.25) is 31.9 Å². The van der Waals surface area contributed by atoms with Crippen molar-refractivity contribution in [2.75, 3.05) is 88.5 Å². The predicted octanol–water partition coefficient (Wildman–Crippen LogP) is 0.946. The minimum Gasteiger partial charge on any atom is -0.490 e. The average molecular weight is 925 g/mol. The Morgan fingerprint density at radius 2 is 1.00 bits per heavy atom. The standard InChI is InChI=1S/C20H25N3O6S.C16H19N3O4S.C4H8O3.ClH/c1-13(24)23-6-7-29-18-5-4-16(8-17(18)23)30(27,28)22-11-14-9-21(10-15(14)12-22)19(25)20(2,3)26;1-11(20)19-4-5-23-16-3-2-14(6-15(16)19)24(21,22)18-9-12-7-17-8-13(12)10-18;1-4(2,7)3(5)6;/h4-5,8,26H,6-7,9-12H2,1-3H3;2-3,6,17H,4-5,7-10H2,1H3;7H,1-2H3,(H,5,6);1H. The molecule has 0 radical (unpaired) electrons. The summed E-state index contributed by atoms with van der Waals surface area (Å²) in [7, 11) is -7.38. The third-order valence-electron chi connectivity index (χ3n) is 10.9. The Morgan fingerprint density at radius 3 is 1.34 bits per heavy atom. The van der Waals surface area contributed by atoms with Crippen molar-refractivity contribution >= 4 is 67.5 Å². The summed E-state index contributed by atoms with van der Waals surface area (Å²) in [6.07, 6.45) is 0. The number of amides is 3. The van der Waals surface area contributed by atoms with Gasteiger partial charge in [0.05, 0.1) is 34.3 Å². The van der Waals surface area contributed by atoms with Gasteiger partial charge in [-0.05, 0) is 86.4 Å². The Bertz CT molecular complexity index is 2390. The van der Waals surface area contributed by atoms with E-state index in [4.69, 9.17) is 19.7 Å². The number of anilines is 2. The van der Waals surface area contributed by atoms with Crippen molar-refractivity contribution in [2.45, 2.75) is 62.5 Å². The summed E-state index contributed by atoms with van der Waals surface area (Å²) < 4.78 is 66.4. The summed E-state index contributed by atoms with van der Waals surface area (Å²) >= 11 is 0. The molecule has 340 valence electrons. The van der Waals surface area contributed by atoms with Crippen molar-refractivity contribution in [1.82, 2.24) is 18.8 Å². The molecule has 0 spiro atoms. The van der Waals surface area contributed by atoms with E-state index in [-0.39, 0.29) is 53.0 Å². The fraction of sp³-hybridized carbons (Fsp3) is 0.500. The monoisotopic (exact) mass is 924 g/mol. The van der Waals surface area contributed by atoms with Gasteiger partial charge in [-0.2, -0.15) is 8.61 Å². The summed E-state index contributed by atoms with van der Waals surface area (Å²) in [4.78, 5) is 50.7. The average Bonchev–Trinajstić information content (AvgIpc) is 3.98. The second kappa shape index (κ2) is 18.2. The number of hydrogen-bond acceptors (Lipinski definition) is 13. The molecular formula is C40H53ClN6O13S2. The van der Waals surface area contributed by atoms with Gasteiger partial charge in [-0.15, -0.1) is 12.4 Å². The summed E-state index contributed by atoms with van der Waals surface area (Å²) in [6.45, 7) is 13.3. The summed E-state index contributed by atoms with van der Waals surface area (Å²) in [6, 6.07) is 9.30. The van der Waals surface area contributed by atoms with Crippen LogP contribution in [0.25, 0.3) is 0 Å². The Hall–Kier alpha value is -4.61. The van der Waals surface area contributed by atoms with E-state index >= 15 is 0 Å². The first-order valence-corrected chi connectivity index (χ1v) is 22.5. The number of rotatable bonds is 6. The quantitative estimate of drug-likeness (QED) is 0.295. The normalized spacial score (nSPS) is 18.8. The zero-order valence-electron chi connectivity index (χ0n) is 35.3. The number of carbonyl (C=O) groups is 4. The number of aliphatic hydroxyl groups is 2. The number of benzene rings is 2. The number of fused-ring (bicyclic) bond motifs is 2. The zero-order chi connectivity index (χ0) is 44.8. The van der Waals surface area contributed by atoms with Crippen molar-refractivity contribution < 1.29 is 60.8 Å². The van der Waals surface area contributed by atoms with Gasteiger partial charge >= 0.3 is 5.97 Å². The lowest BCUT2D eigenvalue weighted by atomic mass is 10.1. The van der Waals surface area contributed by atoms with Crippen LogP contribution in [0.15, 0.2) is 68.5 Å². The van der Waals surface area contributed by atoms with Crippen molar-refractivity contribution in [2.24, 2.45) is 0 Å². The molecule has 0 aromatic heterocycles. The minimum absolute atomic E-state index is 0. The van der Waals surface area contributed by atoms with Gasteiger partial charge in [-0.3, -0.25) is 14.4 Å². The van der Waals surface area contributed by atoms with E-state index in [9.17, 15) is 41.1 Å². The first-order valence-electron chi connectivity index (χ1n) is 19.6. The molecule has 6 heterocycles. The van der Waals surface area contributed by atoms with Crippen molar-refractivity contribution in [1.29, 1.82) is 0 Å². The van der Waals surface area contributed by atoms with Gasteiger partial charge in [0, 0.05) is 66.2 Å². The molecule has 0 saturated heterocycles. The number of carbonyl (C=O) groups excluding carboxylic acids is 3. The van der Waals surface area contributed by atoms with Gasteiger partial charge in [0.25, 0.3) is 5.91 Å². The molecule has 2 aromatic rings. The van der Waals surface area contributed by atoms with Crippen LogP contribution in [-0.4, -0.2) is 159 Å². The molecule has 4 N–H and O–H groups in total. The van der Waals surface area contributed by atoms with E-state index in [1.165, 1.54) is 78.3 Å². The lowest BCUT2D eigenvalue weighted by Crippen LogP contribution is -2.45. The number of aliphatic carboxylic acids is 1. The number of carboxylic acid groups (broad SMARTS) is 1. The SMILES string of the molecule is CC(=O)N1CCOc2ccc(S(=O)(=O)N3CC4=C(CN(C(=O)C(C)(C)O)C4)C3)cc21.CC(=O)N1CCOc2ccc(S(=O)(=O)N3CC4=C(CNC4)C3)cc21.CC(C)(O)C(=O)O.Cl. The molecule has 6 aliphatic heterocycles. The van der Waals surface area contributed by atoms with Crippen LogP contribution >= 0.6 is 12.4 Å². The lowest BCUT2D eigenvalue weighted by Gasteiger charge is -2.30. The highest BCUT2D eigenvalue weighted by Crippen LogP contribution is 2.38. The molecule has 0 saturated carbocycles. The molecule has 0 bridgehead atoms. The maximum Gasteiger partial charge on any atom is 0.335 e. The van der Waals surface area contributed by atoms with Crippen LogP contribution in [0.5, 0.6) is 11.5 Å². The Kier molecular flexibility index (Phi) is 14.2. The van der Waals surface area contributed by atoms with Crippen LogP contribution in [0.2, 0.25) is 0 Å². The molecule has 0 atom stereocenters. The van der Waals surface area contributed by atoms with Gasteiger partial charge in [0.1, 0.15) is 30.3 Å². The molecule has 19 nitrogen and oxygen atoms in total. The molecule has 3 amide bonds. The molecular weight excluding hydrogens is 872 g/mol. The van der Waals surface area contributed by atoms with Crippen LogP contribution in [-0.2, 0) is 39.2 Å². The highest BCUT2D eigenvalue weighted by molar-refractivity contribution is 7.89. The summed E-state index contributed by atoms with van der Waals surface area (Å²) in [5, 5.41) is 29.7. The number of ether oxygens (including phenoxy) is 2. The van der Waals surface area contributed by atoms with Crippen molar-refractivity contribution in [3.8, 4) is 11.5 Å². The smallest absolute Gasteiger partial charge is 0.335 e. The zero-order valence-corrected chi connectivity index (χ0v) is 37.8. The molecule has 22 heteroatoms. The number of sulfonamides is 2. The minimum atomic E-state index is -3.78. The number of halogens is 1. The maximum absolute atomic E-state index is 13.2. The van der Waals surface area contributed by atoms with Gasteiger partial charge < -0.3 is 44.8 Å². The largest absolute Gasteiger partial charge is 0.490 e. The Labute approximate surface area is 367 Å². The summed E-state index contributed by atoms with van der Waals surface area (Å²) in [5.74, 6) is -0.841. The van der Waals surface area contributed by atoms with E-state index in [2.05, 4.69) is 5.32 Å². The van der Waals surface area contributed by atoms with Crippen LogP contribution in [0.3, 0.4) is 0 Å². The first kappa shape index (κ1) is 48.4. The second-order valence-electron chi connectivity index (χ2n) is 16.4. The number of hydrogen-bond donors (Lipinski definition) is 4. The second-order valence-corrected chi connectivity index (χ2v) is 20.3. The van der Waals surface area contributed by atoms with Gasteiger partial charge in [-0.1, -0.05) is 0 Å². The van der Waals surface area contributed by atoms with Crippen LogP contribution in [0.4, 0.5) is 11.4 Å². The fourth-order valence-electron chi connectivity index (χ4n) is 7.52. The van der Waals surface area contributed by atoms with E-state index in [1.54, 1.807) is 34.1 Å². The van der Waals surface area contributed by atoms with Crippen LogP contribution < -0.4 is 24.6 Å². The van der Waals surface area contributed by atoms with Gasteiger partial charge in [-0.25, -0.2) is 21.6 Å². The van der Waals surface area contributed by atoms with Crippen molar-refractivity contribution in [3.05, 3.63) is 58.7 Å². The Balaban J connectivity index is 0.000000204. The highest BCUT2D eigenvalue weighted by atomic mass is 35.5. The molecule has 0 unspecified atom stereocenters. The van der Waals surface area contributed by atoms with E-state index in [0.717, 1.165) is 24.2 Å². The third-order valence-corrected chi connectivity index (χ3v) is 14.4. The fourth-order valence-corrected chi connectivity index (χ4v) is 10.4. The number of carboxylic acids is 1. The number of nitrogens with zero attached hydrogens (tertiary/aromatic N) is 5. The van der Waals surface area contributed by atoms with E-state index in [1.807, 2.05) is 0 Å². The lowest BCUT2D eigenvalue weighted by molar-refractivity contribution is -0.154. The molecule has 0 aliphatic carbocycles. The third kappa shape index (κ3) is 10.1. The van der Waals surface area contributed by atoms with E-state index in [0.29, 0.717) is 75.4 Å². The van der Waals surface area contributed by atoms with Crippen LogP contribution in [0.1, 0.15) is 41.5 Å². The first-order chi connectivity index (χ1) is 28.4.